The first-order valence-corrected chi connectivity index (χ1v) is 13.3. The Morgan fingerprint density at radius 3 is 2.63 bits per heavy atom. The summed E-state index contributed by atoms with van der Waals surface area (Å²) in [6.07, 6.45) is 4.28. The Kier molecular flexibility index (Phi) is 7.72. The van der Waals surface area contributed by atoms with Crippen molar-refractivity contribution < 1.29 is 9.53 Å². The Balaban J connectivity index is 1.71. The number of benzene rings is 2. The van der Waals surface area contributed by atoms with Gasteiger partial charge in [0, 0.05) is 24.9 Å². The molecule has 0 aliphatic carbocycles. The summed E-state index contributed by atoms with van der Waals surface area (Å²) in [7, 11) is 1.65. The number of rotatable bonds is 7. The number of amidine groups is 1. The van der Waals surface area contributed by atoms with Gasteiger partial charge < -0.3 is 9.64 Å². The van der Waals surface area contributed by atoms with Crippen molar-refractivity contribution in [3.8, 4) is 0 Å². The van der Waals surface area contributed by atoms with E-state index in [2.05, 4.69) is 51.7 Å². The summed E-state index contributed by atoms with van der Waals surface area (Å²) in [5.41, 5.74) is 5.98. The summed E-state index contributed by atoms with van der Waals surface area (Å²) in [4.78, 5) is 23.2. The molecule has 2 heterocycles. The van der Waals surface area contributed by atoms with Crippen LogP contribution in [-0.2, 0) is 9.53 Å². The second kappa shape index (κ2) is 10.6. The van der Waals surface area contributed by atoms with Gasteiger partial charge in [-0.25, -0.2) is 4.99 Å². The predicted octanol–water partition coefficient (Wildman–Crippen LogP) is 6.75. The molecule has 0 spiro atoms. The van der Waals surface area contributed by atoms with Crippen LogP contribution in [0, 0.1) is 6.92 Å². The lowest BCUT2D eigenvalue weighted by atomic mass is 9.79. The largest absolute Gasteiger partial charge is 0.383 e. The molecule has 2 aromatic rings. The molecule has 186 valence electrons. The van der Waals surface area contributed by atoms with E-state index < -0.39 is 0 Å². The van der Waals surface area contributed by atoms with Crippen molar-refractivity contribution in [1.29, 1.82) is 0 Å². The Bertz CT molecular complexity index is 1140. The van der Waals surface area contributed by atoms with Gasteiger partial charge in [-0.2, -0.15) is 0 Å². The van der Waals surface area contributed by atoms with Crippen molar-refractivity contribution in [3.63, 3.8) is 0 Å². The van der Waals surface area contributed by atoms with Crippen LogP contribution in [0.15, 0.2) is 52.4 Å². The van der Waals surface area contributed by atoms with E-state index >= 15 is 0 Å². The third-order valence-corrected chi connectivity index (χ3v) is 7.90. The molecule has 1 atom stereocenters. The smallest absolute Gasteiger partial charge is 0.266 e. The van der Waals surface area contributed by atoms with E-state index in [-0.39, 0.29) is 11.4 Å². The minimum absolute atomic E-state index is 0.0133. The van der Waals surface area contributed by atoms with Gasteiger partial charge in [0.15, 0.2) is 5.17 Å². The van der Waals surface area contributed by atoms with Crippen molar-refractivity contribution >= 4 is 40.3 Å². The number of hydrogen-bond donors (Lipinski definition) is 0. The Morgan fingerprint density at radius 2 is 1.94 bits per heavy atom. The number of ether oxygens (including phenoxy) is 1. The Labute approximate surface area is 214 Å². The lowest BCUT2D eigenvalue weighted by molar-refractivity contribution is -0.122. The zero-order chi connectivity index (χ0) is 25.2. The molecule has 0 radical (unpaired) electrons. The topological polar surface area (TPSA) is 45.1 Å². The number of aryl methyl sites for hydroxylation is 1. The molecule has 2 aromatic carbocycles. The maximum absolute atomic E-state index is 13.4. The highest BCUT2D eigenvalue weighted by atomic mass is 32.2. The molecule has 2 aliphatic rings. The summed E-state index contributed by atoms with van der Waals surface area (Å²) in [6, 6.07) is 14.4. The highest BCUT2D eigenvalue weighted by Gasteiger charge is 2.37. The standard InChI is InChI=1S/C29H37N3O2S/c1-7-13-32-25-16-20(2)22(17-24(25)21(3)19-29(32,4)5)18-26-27(33)31(14-15-34-6)28(35-26)30-23-11-9-8-10-12-23/h8-12,16-18,21H,7,13-15,19H2,1-6H3/b26-18+,30-28?. The summed E-state index contributed by atoms with van der Waals surface area (Å²) in [5.74, 6) is 0.451. The maximum Gasteiger partial charge on any atom is 0.266 e. The van der Waals surface area contributed by atoms with E-state index in [0.29, 0.717) is 29.1 Å². The highest BCUT2D eigenvalue weighted by Crippen LogP contribution is 2.45. The average molecular weight is 492 g/mol. The second-order valence-electron chi connectivity index (χ2n) is 10.1. The fourth-order valence-corrected chi connectivity index (χ4v) is 6.19. The molecule has 4 rings (SSSR count). The number of anilines is 1. The molecule has 0 bridgehead atoms. The lowest BCUT2D eigenvalue weighted by Crippen LogP contribution is -2.48. The number of carbonyl (C=O) groups excluding carboxylic acids is 1. The van der Waals surface area contributed by atoms with E-state index in [4.69, 9.17) is 9.73 Å². The molecule has 0 aromatic heterocycles. The van der Waals surface area contributed by atoms with Gasteiger partial charge in [0.1, 0.15) is 0 Å². The Hall–Kier alpha value is -2.57. The molecule has 1 fully saturated rings. The van der Waals surface area contributed by atoms with Crippen molar-refractivity contribution in [2.75, 3.05) is 31.7 Å². The van der Waals surface area contributed by atoms with Gasteiger partial charge in [-0.05, 0) is 98.3 Å². The molecular formula is C29H37N3O2S. The predicted molar refractivity (Wildman–Crippen MR) is 149 cm³/mol. The van der Waals surface area contributed by atoms with Crippen LogP contribution < -0.4 is 4.90 Å². The first-order chi connectivity index (χ1) is 16.7. The van der Waals surface area contributed by atoms with Crippen LogP contribution in [0.25, 0.3) is 6.08 Å². The molecule has 5 nitrogen and oxygen atoms in total. The monoisotopic (exact) mass is 491 g/mol. The lowest BCUT2D eigenvalue weighted by Gasteiger charge is -2.48. The maximum atomic E-state index is 13.4. The van der Waals surface area contributed by atoms with Gasteiger partial charge in [-0.3, -0.25) is 9.69 Å². The van der Waals surface area contributed by atoms with Crippen molar-refractivity contribution in [1.82, 2.24) is 4.90 Å². The summed E-state index contributed by atoms with van der Waals surface area (Å²) >= 11 is 1.44. The highest BCUT2D eigenvalue weighted by molar-refractivity contribution is 8.18. The number of nitrogens with zero attached hydrogens (tertiary/aromatic N) is 3. The van der Waals surface area contributed by atoms with Gasteiger partial charge in [0.05, 0.1) is 23.7 Å². The molecule has 6 heteroatoms. The van der Waals surface area contributed by atoms with E-state index in [1.54, 1.807) is 12.0 Å². The molecule has 1 amide bonds. The third kappa shape index (κ3) is 5.34. The zero-order valence-electron chi connectivity index (χ0n) is 21.8. The number of fused-ring (bicyclic) bond motifs is 1. The van der Waals surface area contributed by atoms with Crippen LogP contribution in [0.5, 0.6) is 0 Å². The number of methoxy groups -OCH3 is 1. The quantitative estimate of drug-likeness (QED) is 0.402. The fourth-order valence-electron chi connectivity index (χ4n) is 5.18. The molecule has 0 N–H and O–H groups in total. The van der Waals surface area contributed by atoms with Crippen molar-refractivity contribution in [2.24, 2.45) is 4.99 Å². The van der Waals surface area contributed by atoms with Gasteiger partial charge >= 0.3 is 0 Å². The van der Waals surface area contributed by atoms with E-state index in [1.807, 2.05) is 36.4 Å². The van der Waals surface area contributed by atoms with E-state index in [9.17, 15) is 4.79 Å². The minimum atomic E-state index is -0.0133. The first-order valence-electron chi connectivity index (χ1n) is 12.5. The minimum Gasteiger partial charge on any atom is -0.383 e. The number of thioether (sulfide) groups is 1. The van der Waals surface area contributed by atoms with Crippen LogP contribution in [-0.4, -0.2) is 48.3 Å². The first kappa shape index (κ1) is 25.5. The third-order valence-electron chi connectivity index (χ3n) is 6.90. The van der Waals surface area contributed by atoms with E-state index in [1.165, 1.54) is 28.6 Å². The summed E-state index contributed by atoms with van der Waals surface area (Å²) in [6.45, 7) is 13.4. The molecule has 1 saturated heterocycles. The van der Waals surface area contributed by atoms with Crippen LogP contribution in [0.2, 0.25) is 0 Å². The number of aliphatic imine (C=N–C) groups is 1. The zero-order valence-corrected chi connectivity index (χ0v) is 22.6. The van der Waals surface area contributed by atoms with Crippen LogP contribution in [0.1, 0.15) is 63.1 Å². The fraction of sp³-hybridized carbons (Fsp3) is 0.448. The van der Waals surface area contributed by atoms with Crippen molar-refractivity contribution in [3.05, 3.63) is 64.1 Å². The number of carbonyl (C=O) groups is 1. The number of para-hydroxylation sites is 1. The van der Waals surface area contributed by atoms with Gasteiger partial charge in [0.2, 0.25) is 0 Å². The average Bonchev–Trinajstić information content (AvgIpc) is 3.10. The summed E-state index contributed by atoms with van der Waals surface area (Å²) in [5, 5.41) is 0.698. The Morgan fingerprint density at radius 1 is 1.20 bits per heavy atom. The molecule has 1 unspecified atom stereocenters. The molecular weight excluding hydrogens is 454 g/mol. The summed E-state index contributed by atoms with van der Waals surface area (Å²) < 4.78 is 5.26. The SMILES string of the molecule is CCCN1c2cc(C)c(/C=C3/SC(=Nc4ccccc4)N(CCOC)C3=O)cc2C(C)CC1(C)C. The van der Waals surface area contributed by atoms with Crippen LogP contribution >= 0.6 is 11.8 Å². The van der Waals surface area contributed by atoms with Crippen LogP contribution in [0.4, 0.5) is 11.4 Å². The normalized spacial score (nSPS) is 21.8. The molecule has 2 aliphatic heterocycles. The van der Waals surface area contributed by atoms with Gasteiger partial charge in [0.25, 0.3) is 5.91 Å². The number of hydrogen-bond acceptors (Lipinski definition) is 5. The van der Waals surface area contributed by atoms with Gasteiger partial charge in [-0.1, -0.05) is 32.0 Å². The van der Waals surface area contributed by atoms with Gasteiger partial charge in [-0.15, -0.1) is 0 Å². The van der Waals surface area contributed by atoms with E-state index in [0.717, 1.165) is 30.6 Å². The molecule has 0 saturated carbocycles. The second-order valence-corrected chi connectivity index (χ2v) is 11.1. The van der Waals surface area contributed by atoms with Crippen molar-refractivity contribution in [2.45, 2.75) is 58.9 Å². The molecule has 35 heavy (non-hydrogen) atoms. The number of amides is 1. The van der Waals surface area contributed by atoms with Crippen LogP contribution in [0.3, 0.4) is 0 Å².